The molecule has 8 atom stereocenters. The molecule has 1 fully saturated rings. The zero-order valence-electron chi connectivity index (χ0n) is 31.9. The summed E-state index contributed by atoms with van der Waals surface area (Å²) in [5.74, 6) is -2.11. The van der Waals surface area contributed by atoms with E-state index in [0.29, 0.717) is 30.0 Å². The predicted molar refractivity (Wildman–Crippen MR) is 199 cm³/mol. The fourth-order valence-electron chi connectivity index (χ4n) is 6.81. The van der Waals surface area contributed by atoms with Crippen molar-refractivity contribution < 1.29 is 38.9 Å². The Balaban J connectivity index is 1.81. The third-order valence-corrected chi connectivity index (χ3v) is 10.8. The van der Waals surface area contributed by atoms with Gasteiger partial charge in [-0.25, -0.2) is 4.98 Å². The number of aliphatic hydroxyl groups is 2. The molecule has 13 nitrogen and oxygen atoms in total. The van der Waals surface area contributed by atoms with E-state index < -0.39 is 48.3 Å². The lowest BCUT2D eigenvalue weighted by Gasteiger charge is -2.37. The van der Waals surface area contributed by atoms with E-state index in [0.717, 1.165) is 24.9 Å². The van der Waals surface area contributed by atoms with Gasteiger partial charge in [-0.05, 0) is 57.2 Å². The second-order valence-corrected chi connectivity index (χ2v) is 15.2. The molecule has 2 unspecified atom stereocenters. The van der Waals surface area contributed by atoms with Gasteiger partial charge in [0.15, 0.2) is 6.10 Å². The fraction of sp³-hybridized carbons (Fsp3) is 0.658. The Morgan fingerprint density at radius 2 is 1.79 bits per heavy atom. The minimum Gasteiger partial charge on any atom is -0.469 e. The first kappa shape index (κ1) is 43.0. The van der Waals surface area contributed by atoms with Crippen molar-refractivity contribution in [2.45, 2.75) is 122 Å². The Bertz CT molecular complexity index is 1440. The van der Waals surface area contributed by atoms with Gasteiger partial charge in [-0.15, -0.1) is 11.3 Å². The average Bonchev–Trinajstić information content (AvgIpc) is 3.62. The van der Waals surface area contributed by atoms with Crippen LogP contribution in [0.3, 0.4) is 0 Å². The summed E-state index contributed by atoms with van der Waals surface area (Å²) in [6, 6.07) is 7.47. The Kier molecular flexibility index (Phi) is 17.1. The molecule has 1 aromatic carbocycles. The third kappa shape index (κ3) is 12.3. The van der Waals surface area contributed by atoms with Crippen LogP contribution < -0.4 is 10.6 Å². The van der Waals surface area contributed by atoms with Gasteiger partial charge in [0.05, 0.1) is 30.9 Å². The summed E-state index contributed by atoms with van der Waals surface area (Å²) in [5.41, 5.74) is 1.36. The van der Waals surface area contributed by atoms with Crippen LogP contribution in [0.1, 0.15) is 102 Å². The Morgan fingerprint density at radius 3 is 2.38 bits per heavy atom. The van der Waals surface area contributed by atoms with Gasteiger partial charge in [-0.3, -0.25) is 29.4 Å². The second kappa shape index (κ2) is 20.7. The number of carbonyl (C=O) groups is 4. The number of rotatable bonds is 19. The molecular weight excluding hydrogens is 687 g/mol. The summed E-state index contributed by atoms with van der Waals surface area (Å²) in [5, 5.41) is 30.4. The molecule has 2 amide bonds. The van der Waals surface area contributed by atoms with E-state index in [9.17, 15) is 29.4 Å². The number of methoxy groups -OCH3 is 1. The van der Waals surface area contributed by atoms with Gasteiger partial charge >= 0.3 is 11.9 Å². The lowest BCUT2D eigenvalue weighted by Crippen LogP contribution is -2.59. The number of esters is 2. The number of benzene rings is 1. The van der Waals surface area contributed by atoms with Crippen molar-refractivity contribution in [3.05, 3.63) is 52.0 Å². The van der Waals surface area contributed by atoms with Crippen molar-refractivity contribution >= 4 is 35.1 Å². The van der Waals surface area contributed by atoms with Crippen molar-refractivity contribution in [3.8, 4) is 0 Å². The van der Waals surface area contributed by atoms with E-state index in [1.54, 1.807) is 26.3 Å². The van der Waals surface area contributed by atoms with Crippen LogP contribution in [-0.2, 0) is 35.1 Å². The fourth-order valence-corrected chi connectivity index (χ4v) is 7.69. The molecule has 1 saturated heterocycles. The number of thiazole rings is 1. The minimum atomic E-state index is -1.19. The number of likely N-dealkylation sites (N-methyl/N-ethyl adjacent to an activating group) is 2. The first-order chi connectivity index (χ1) is 24.7. The molecule has 0 saturated carbocycles. The minimum absolute atomic E-state index is 0.103. The van der Waals surface area contributed by atoms with Crippen molar-refractivity contribution in [1.82, 2.24) is 25.4 Å². The van der Waals surface area contributed by atoms with E-state index in [1.165, 1.54) is 30.3 Å². The first-order valence-electron chi connectivity index (χ1n) is 18.3. The highest BCUT2D eigenvalue weighted by atomic mass is 32.1. The highest BCUT2D eigenvalue weighted by Gasteiger charge is 2.38. The smallest absolute Gasteiger partial charge is 0.308 e. The Hall–Kier alpha value is -3.43. The molecule has 1 aromatic heterocycles. The van der Waals surface area contributed by atoms with E-state index in [4.69, 9.17) is 9.47 Å². The molecule has 2 heterocycles. The number of likely N-dealkylation sites (tertiary alicyclic amines) is 1. The molecule has 1 aliphatic rings. The zero-order chi connectivity index (χ0) is 38.5. The highest BCUT2D eigenvalue weighted by Crippen LogP contribution is 2.32. The molecule has 2 aromatic rings. The summed E-state index contributed by atoms with van der Waals surface area (Å²) in [6.45, 7) is 9.53. The zero-order valence-corrected chi connectivity index (χ0v) is 32.7. The molecule has 0 radical (unpaired) electrons. The summed E-state index contributed by atoms with van der Waals surface area (Å²) in [4.78, 5) is 60.1. The van der Waals surface area contributed by atoms with Crippen LogP contribution in [0.5, 0.6) is 0 Å². The topological polar surface area (TPSA) is 171 Å². The van der Waals surface area contributed by atoms with Gasteiger partial charge in [0.25, 0.3) is 0 Å². The van der Waals surface area contributed by atoms with E-state index in [2.05, 4.69) is 15.6 Å². The lowest BCUT2D eigenvalue weighted by atomic mass is 9.94. The highest BCUT2D eigenvalue weighted by molar-refractivity contribution is 7.09. The van der Waals surface area contributed by atoms with Crippen molar-refractivity contribution in [1.29, 1.82) is 0 Å². The van der Waals surface area contributed by atoms with E-state index in [1.807, 2.05) is 56.1 Å². The predicted octanol–water partition coefficient (Wildman–Crippen LogP) is 3.75. The van der Waals surface area contributed by atoms with Crippen LogP contribution in [0.4, 0.5) is 0 Å². The number of aliphatic hydroxyl groups excluding tert-OH is 2. The van der Waals surface area contributed by atoms with Crippen LogP contribution in [0.15, 0.2) is 35.7 Å². The molecule has 52 heavy (non-hydrogen) atoms. The summed E-state index contributed by atoms with van der Waals surface area (Å²) in [7, 11) is 4.87. The number of nitrogens with one attached hydrogen (secondary N) is 2. The van der Waals surface area contributed by atoms with Crippen molar-refractivity contribution in [2.24, 2.45) is 11.8 Å². The Morgan fingerprint density at radius 1 is 1.10 bits per heavy atom. The van der Waals surface area contributed by atoms with Gasteiger partial charge < -0.3 is 29.9 Å². The van der Waals surface area contributed by atoms with Gasteiger partial charge in [-0.2, -0.15) is 0 Å². The largest absolute Gasteiger partial charge is 0.469 e. The standard InChI is InChI=1S/C38H59N5O8S/c1-9-31(45)33(41-35(47)29-17-13-14-18-42(29)6)37(48)43(7)30(23(2)3)21-32(51-25(5)44)36-40-28(22-52-36)34(46)39-27(19-24(4)38(49)50-8)20-26-15-11-10-12-16-26/h10-12,15-16,22-24,27,29-34,39,45-46H,9,13-14,17-21H2,1-8H3,(H,41,47)/t24-,27+,29-,30+,31?,32+,33+,34?/m0/s1. The maximum absolute atomic E-state index is 14.0. The van der Waals surface area contributed by atoms with Crippen LogP contribution in [-0.4, -0.2) is 107 Å². The normalized spacial score (nSPS) is 19.1. The van der Waals surface area contributed by atoms with Crippen molar-refractivity contribution in [3.63, 3.8) is 0 Å². The Labute approximate surface area is 312 Å². The van der Waals surface area contributed by atoms with Crippen LogP contribution in [0.25, 0.3) is 0 Å². The lowest BCUT2D eigenvalue weighted by molar-refractivity contribution is -0.149. The molecule has 14 heteroatoms. The van der Waals surface area contributed by atoms with Crippen molar-refractivity contribution in [2.75, 3.05) is 27.7 Å². The summed E-state index contributed by atoms with van der Waals surface area (Å²) < 4.78 is 10.7. The monoisotopic (exact) mass is 745 g/mol. The van der Waals surface area contributed by atoms with Crippen LogP contribution in [0.2, 0.25) is 0 Å². The summed E-state index contributed by atoms with van der Waals surface area (Å²) in [6.07, 6.45) is 0.892. The number of piperidine rings is 1. The number of carbonyl (C=O) groups excluding carboxylic acids is 4. The molecule has 4 N–H and O–H groups in total. The number of hydrogen-bond donors (Lipinski definition) is 4. The molecule has 0 spiro atoms. The van der Waals surface area contributed by atoms with Gasteiger partial charge in [0, 0.05) is 37.9 Å². The third-order valence-electron chi connectivity index (χ3n) is 9.87. The molecule has 3 rings (SSSR count). The second-order valence-electron chi connectivity index (χ2n) is 14.3. The number of amides is 2. The van der Waals surface area contributed by atoms with Crippen LogP contribution in [0, 0.1) is 11.8 Å². The number of nitrogens with zero attached hydrogens (tertiary/aromatic N) is 3. The van der Waals surface area contributed by atoms with Gasteiger partial charge in [0.2, 0.25) is 11.8 Å². The van der Waals surface area contributed by atoms with Gasteiger partial charge in [0.1, 0.15) is 17.3 Å². The number of aromatic nitrogens is 1. The molecule has 290 valence electrons. The molecule has 0 bridgehead atoms. The molecule has 1 aliphatic heterocycles. The molecule has 0 aliphatic carbocycles. The van der Waals surface area contributed by atoms with Crippen LogP contribution >= 0.6 is 11.3 Å². The maximum Gasteiger partial charge on any atom is 0.308 e. The average molecular weight is 746 g/mol. The number of hydrogen-bond acceptors (Lipinski definition) is 12. The summed E-state index contributed by atoms with van der Waals surface area (Å²) >= 11 is 1.23. The quantitative estimate of drug-likeness (QED) is 0.122. The maximum atomic E-state index is 14.0. The SMILES string of the molecule is CCC(O)[C@@H](NC(=O)[C@@H]1CCCCN1C)C(=O)N(C)[C@H](C[C@@H](OC(C)=O)c1nc(C(O)N[C@@H](Cc2ccccc2)C[C@H](C)C(=O)OC)cs1)C(C)C. The van der Waals surface area contributed by atoms with E-state index >= 15 is 0 Å². The van der Waals surface area contributed by atoms with Gasteiger partial charge in [-0.1, -0.05) is 64.4 Å². The molecular formula is C38H59N5O8S. The number of ether oxygens (including phenoxy) is 2. The van der Waals surface area contributed by atoms with E-state index in [-0.39, 0.29) is 42.7 Å². The first-order valence-corrected chi connectivity index (χ1v) is 19.2.